The number of hydrogen-bond donors (Lipinski definition) is 2. The third kappa shape index (κ3) is 2.43. The smallest absolute Gasteiger partial charge is 0.132 e. The molecular formula is C14H18FN3. The van der Waals surface area contributed by atoms with Crippen LogP contribution < -0.4 is 5.73 Å². The van der Waals surface area contributed by atoms with Gasteiger partial charge in [0, 0.05) is 5.56 Å². The molecule has 1 heterocycles. The minimum absolute atomic E-state index is 0.143. The Morgan fingerprint density at radius 2 is 2.11 bits per heavy atom. The van der Waals surface area contributed by atoms with Gasteiger partial charge in [0.2, 0.25) is 0 Å². The van der Waals surface area contributed by atoms with Crippen molar-refractivity contribution < 1.29 is 4.39 Å². The van der Waals surface area contributed by atoms with Crippen molar-refractivity contribution in [2.45, 2.75) is 26.3 Å². The predicted molar refractivity (Wildman–Crippen MR) is 70.4 cm³/mol. The second-order valence-electron chi connectivity index (χ2n) is 4.57. The fourth-order valence-corrected chi connectivity index (χ4v) is 1.85. The maximum atomic E-state index is 13.6. The fraction of sp³-hybridized carbons (Fsp3) is 0.357. The highest BCUT2D eigenvalue weighted by atomic mass is 19.1. The van der Waals surface area contributed by atoms with Crippen LogP contribution in [0.2, 0.25) is 0 Å². The third-order valence-electron chi connectivity index (χ3n) is 3.33. The molecule has 2 aromatic rings. The Balaban J connectivity index is 2.29. The van der Waals surface area contributed by atoms with Gasteiger partial charge in [-0.2, -0.15) is 0 Å². The molecule has 1 aromatic heterocycles. The zero-order valence-electron chi connectivity index (χ0n) is 10.7. The molecule has 2 atom stereocenters. The number of hydrogen-bond acceptors (Lipinski definition) is 2. The van der Waals surface area contributed by atoms with Gasteiger partial charge in [-0.1, -0.05) is 32.4 Å². The van der Waals surface area contributed by atoms with E-state index in [0.29, 0.717) is 23.0 Å². The van der Waals surface area contributed by atoms with Gasteiger partial charge in [0.05, 0.1) is 17.9 Å². The second-order valence-corrected chi connectivity index (χ2v) is 4.57. The van der Waals surface area contributed by atoms with Crippen LogP contribution in [0.3, 0.4) is 0 Å². The zero-order chi connectivity index (χ0) is 13.1. The van der Waals surface area contributed by atoms with Gasteiger partial charge in [0.25, 0.3) is 0 Å². The molecule has 3 nitrogen and oxygen atoms in total. The molecule has 1 aromatic carbocycles. The highest BCUT2D eigenvalue weighted by Gasteiger charge is 2.17. The molecule has 0 saturated carbocycles. The van der Waals surface area contributed by atoms with Crippen LogP contribution in [0.1, 0.15) is 32.1 Å². The number of halogens is 1. The number of aromatic amines is 1. The van der Waals surface area contributed by atoms with Crippen molar-refractivity contribution in [1.82, 2.24) is 9.97 Å². The van der Waals surface area contributed by atoms with E-state index < -0.39 is 0 Å². The molecule has 0 aliphatic rings. The molecule has 3 N–H and O–H groups in total. The lowest BCUT2D eigenvalue weighted by molar-refractivity contribution is 0.441. The van der Waals surface area contributed by atoms with E-state index in [1.807, 2.05) is 0 Å². The average molecular weight is 247 g/mol. The fourth-order valence-electron chi connectivity index (χ4n) is 1.85. The number of benzene rings is 1. The SMILES string of the molecule is CCC(C)C(N)c1ncc(-c2ccccc2F)[nH]1. The monoisotopic (exact) mass is 247 g/mol. The number of aromatic nitrogens is 2. The van der Waals surface area contributed by atoms with Crippen LogP contribution in [-0.4, -0.2) is 9.97 Å². The van der Waals surface area contributed by atoms with E-state index in [-0.39, 0.29) is 11.9 Å². The average Bonchev–Trinajstić information content (AvgIpc) is 2.87. The molecule has 0 spiro atoms. The van der Waals surface area contributed by atoms with Crippen LogP contribution in [0.4, 0.5) is 4.39 Å². The maximum Gasteiger partial charge on any atom is 0.132 e. The molecule has 96 valence electrons. The maximum absolute atomic E-state index is 13.6. The number of nitrogens with one attached hydrogen (secondary N) is 1. The Bertz CT molecular complexity index is 521. The van der Waals surface area contributed by atoms with Gasteiger partial charge in [0.15, 0.2) is 0 Å². The summed E-state index contributed by atoms with van der Waals surface area (Å²) >= 11 is 0. The Labute approximate surface area is 106 Å². The first kappa shape index (κ1) is 12.8. The zero-order valence-corrected chi connectivity index (χ0v) is 10.7. The van der Waals surface area contributed by atoms with E-state index in [2.05, 4.69) is 23.8 Å². The lowest BCUT2D eigenvalue weighted by Crippen LogP contribution is -2.19. The van der Waals surface area contributed by atoms with E-state index in [1.54, 1.807) is 24.4 Å². The highest BCUT2D eigenvalue weighted by Crippen LogP contribution is 2.24. The molecule has 4 heteroatoms. The molecule has 2 unspecified atom stereocenters. The second kappa shape index (κ2) is 5.31. The quantitative estimate of drug-likeness (QED) is 0.871. The van der Waals surface area contributed by atoms with Gasteiger partial charge in [-0.15, -0.1) is 0 Å². The van der Waals surface area contributed by atoms with E-state index in [0.717, 1.165) is 6.42 Å². The molecule has 0 aliphatic carbocycles. The van der Waals surface area contributed by atoms with Crippen molar-refractivity contribution in [3.8, 4) is 11.3 Å². The molecule has 18 heavy (non-hydrogen) atoms. The molecule has 0 amide bonds. The van der Waals surface area contributed by atoms with Crippen molar-refractivity contribution in [2.24, 2.45) is 11.7 Å². The first-order valence-corrected chi connectivity index (χ1v) is 6.18. The molecule has 0 bridgehead atoms. The third-order valence-corrected chi connectivity index (χ3v) is 3.33. The summed E-state index contributed by atoms with van der Waals surface area (Å²) in [5.41, 5.74) is 7.28. The Kier molecular flexibility index (Phi) is 3.77. The van der Waals surface area contributed by atoms with Crippen molar-refractivity contribution in [2.75, 3.05) is 0 Å². The predicted octanol–water partition coefficient (Wildman–Crippen LogP) is 3.26. The van der Waals surface area contributed by atoms with Gasteiger partial charge >= 0.3 is 0 Å². The summed E-state index contributed by atoms with van der Waals surface area (Å²) in [6.07, 6.45) is 2.62. The summed E-state index contributed by atoms with van der Waals surface area (Å²) in [6.45, 7) is 4.17. The van der Waals surface area contributed by atoms with Crippen molar-refractivity contribution in [3.63, 3.8) is 0 Å². The summed E-state index contributed by atoms with van der Waals surface area (Å²) in [5.74, 6) is 0.789. The summed E-state index contributed by atoms with van der Waals surface area (Å²) in [7, 11) is 0. The van der Waals surface area contributed by atoms with Crippen molar-refractivity contribution in [3.05, 3.63) is 42.1 Å². The number of nitrogens with zero attached hydrogens (tertiary/aromatic N) is 1. The van der Waals surface area contributed by atoms with Gasteiger partial charge in [-0.05, 0) is 18.1 Å². The molecule has 2 rings (SSSR count). The van der Waals surface area contributed by atoms with Crippen LogP contribution in [-0.2, 0) is 0 Å². The number of rotatable bonds is 4. The lowest BCUT2D eigenvalue weighted by atomic mass is 10.00. The van der Waals surface area contributed by atoms with Gasteiger partial charge in [0.1, 0.15) is 11.6 Å². The molecule has 0 radical (unpaired) electrons. The molecule has 0 fully saturated rings. The molecule has 0 aliphatic heterocycles. The van der Waals surface area contributed by atoms with E-state index in [9.17, 15) is 4.39 Å². The lowest BCUT2D eigenvalue weighted by Gasteiger charge is -2.15. The largest absolute Gasteiger partial charge is 0.341 e. The summed E-state index contributed by atoms with van der Waals surface area (Å²) in [4.78, 5) is 7.36. The minimum atomic E-state index is -0.259. The first-order valence-electron chi connectivity index (χ1n) is 6.18. The Morgan fingerprint density at radius 3 is 2.78 bits per heavy atom. The number of H-pyrrole nitrogens is 1. The van der Waals surface area contributed by atoms with Gasteiger partial charge in [-0.3, -0.25) is 0 Å². The normalized spacial score (nSPS) is 14.4. The van der Waals surface area contributed by atoms with Crippen LogP contribution in [0.15, 0.2) is 30.5 Å². The number of nitrogens with two attached hydrogens (primary N) is 1. The van der Waals surface area contributed by atoms with Gasteiger partial charge in [-0.25, -0.2) is 9.37 Å². The summed E-state index contributed by atoms with van der Waals surface area (Å²) in [5, 5.41) is 0. The minimum Gasteiger partial charge on any atom is -0.341 e. The first-order chi connectivity index (χ1) is 8.63. The van der Waals surface area contributed by atoms with Crippen LogP contribution in [0.25, 0.3) is 11.3 Å². The highest BCUT2D eigenvalue weighted by molar-refractivity contribution is 5.59. The summed E-state index contributed by atoms with van der Waals surface area (Å²) < 4.78 is 13.6. The van der Waals surface area contributed by atoms with Crippen LogP contribution in [0.5, 0.6) is 0 Å². The Hall–Kier alpha value is -1.68. The van der Waals surface area contributed by atoms with Crippen molar-refractivity contribution >= 4 is 0 Å². The van der Waals surface area contributed by atoms with E-state index in [1.165, 1.54) is 6.07 Å². The van der Waals surface area contributed by atoms with Gasteiger partial charge < -0.3 is 10.7 Å². The van der Waals surface area contributed by atoms with E-state index in [4.69, 9.17) is 5.73 Å². The van der Waals surface area contributed by atoms with Crippen LogP contribution >= 0.6 is 0 Å². The number of imidazole rings is 1. The summed E-state index contributed by atoms with van der Waals surface area (Å²) in [6, 6.07) is 6.48. The molecular weight excluding hydrogens is 229 g/mol. The molecule has 0 saturated heterocycles. The topological polar surface area (TPSA) is 54.7 Å². The van der Waals surface area contributed by atoms with Crippen molar-refractivity contribution in [1.29, 1.82) is 0 Å². The standard InChI is InChI=1S/C14H18FN3/c1-3-9(2)13(16)14-17-8-12(18-14)10-6-4-5-7-11(10)15/h4-9,13H,3,16H2,1-2H3,(H,17,18). The Morgan fingerprint density at radius 1 is 1.39 bits per heavy atom. The van der Waals surface area contributed by atoms with E-state index >= 15 is 0 Å². The van der Waals surface area contributed by atoms with Crippen LogP contribution in [0, 0.1) is 11.7 Å².